The van der Waals surface area contributed by atoms with Gasteiger partial charge in [0.2, 0.25) is 11.8 Å². The number of nitrogen functional groups attached to an aromatic ring is 1. The third-order valence-corrected chi connectivity index (χ3v) is 16.3. The van der Waals surface area contributed by atoms with Crippen LogP contribution >= 0.6 is 35.2 Å². The standard InChI is InChI=1S/C45H82N7O17P3S/c1-4-5-6-7-8-9-10-11-12-13-14-15-16-17-18-19-20-21-22-23-24-25-36(54)73-29-28-47-35(53)26-27-48-43(57)40(56)45(2,3)31-66-72(63,64)69-71(61,62)65-30-34-39(68-70(58,59)60)38(55)44(67-34)52-33-51-37-41(46)49-32-50-42(37)52/h32-34,38-40,44,55-56H,4-31H2,1-3H3,(H,47,53)(H,48,57)(H,61,62)(H,63,64)(H2,46,49,50)(H2,58,59,60)/t34-,38+,39?,40+,44-/m1/s1. The Morgan fingerprint density at radius 3 is 1.86 bits per heavy atom. The van der Waals surface area contributed by atoms with Gasteiger partial charge in [-0.2, -0.15) is 4.31 Å². The fourth-order valence-corrected chi connectivity index (χ4v) is 11.6. The van der Waals surface area contributed by atoms with E-state index in [9.17, 15) is 57.9 Å². The lowest BCUT2D eigenvalue weighted by molar-refractivity contribution is -0.137. The summed E-state index contributed by atoms with van der Waals surface area (Å²) in [6.07, 6.45) is 20.9. The SMILES string of the molecule is CCCCCCCCCCCCCCCCCCCCCCCC(=O)SCCNC(=O)CCNC(=O)[C@H](O)C(C)(C)COP(=O)(O)OP(=O)(O)OC[C@H]1O[C@@H](n2cnc3c(N)ncnc32)[C@@H](O)C1OP(=O)(O)O. The molecule has 73 heavy (non-hydrogen) atoms. The highest BCUT2D eigenvalue weighted by Crippen LogP contribution is 2.61. The third-order valence-electron chi connectivity index (χ3n) is 12.2. The molecule has 28 heteroatoms. The minimum atomic E-state index is -5.58. The fourth-order valence-electron chi connectivity index (χ4n) is 8.07. The number of amides is 2. The number of aromatic nitrogens is 4. The molecule has 2 amide bonds. The fraction of sp³-hybridized carbons (Fsp3) is 0.822. The second kappa shape index (κ2) is 33.7. The minimum absolute atomic E-state index is 0.0346. The predicted octanol–water partition coefficient (Wildman–Crippen LogP) is 7.27. The molecule has 0 aliphatic carbocycles. The number of rotatable bonds is 41. The van der Waals surface area contributed by atoms with Gasteiger partial charge in [-0.1, -0.05) is 161 Å². The van der Waals surface area contributed by atoms with Gasteiger partial charge in [0.25, 0.3) is 0 Å². The summed E-state index contributed by atoms with van der Waals surface area (Å²) < 4.78 is 62.5. The summed E-state index contributed by atoms with van der Waals surface area (Å²) in [5, 5.41) is 26.7. The zero-order chi connectivity index (χ0) is 53.9. The number of aliphatic hydroxyl groups is 2. The molecule has 3 unspecified atom stereocenters. The Labute approximate surface area is 433 Å². The van der Waals surface area contributed by atoms with E-state index in [4.69, 9.17) is 19.5 Å². The Balaban J connectivity index is 1.22. The number of fused-ring (bicyclic) bond motifs is 1. The van der Waals surface area contributed by atoms with Crippen molar-refractivity contribution in [3.8, 4) is 0 Å². The van der Waals surface area contributed by atoms with Crippen LogP contribution in [0.15, 0.2) is 12.7 Å². The van der Waals surface area contributed by atoms with Gasteiger partial charge in [-0.3, -0.25) is 32.5 Å². The van der Waals surface area contributed by atoms with Crippen LogP contribution in [-0.4, -0.2) is 123 Å². The van der Waals surface area contributed by atoms with Crippen molar-refractivity contribution in [1.29, 1.82) is 0 Å². The van der Waals surface area contributed by atoms with E-state index in [1.807, 2.05) is 0 Å². The van der Waals surface area contributed by atoms with Crippen molar-refractivity contribution in [3.05, 3.63) is 12.7 Å². The van der Waals surface area contributed by atoms with Crippen LogP contribution in [0, 0.1) is 5.41 Å². The molecule has 1 aliphatic heterocycles. The molecule has 420 valence electrons. The van der Waals surface area contributed by atoms with E-state index >= 15 is 0 Å². The minimum Gasteiger partial charge on any atom is -0.386 e. The van der Waals surface area contributed by atoms with Gasteiger partial charge in [0, 0.05) is 37.1 Å². The highest BCUT2D eigenvalue weighted by molar-refractivity contribution is 8.13. The summed E-state index contributed by atoms with van der Waals surface area (Å²) in [4.78, 5) is 88.6. The van der Waals surface area contributed by atoms with Crippen LogP contribution in [0.2, 0.25) is 0 Å². The molecule has 0 aromatic carbocycles. The lowest BCUT2D eigenvalue weighted by atomic mass is 9.87. The molecule has 2 aromatic rings. The smallest absolute Gasteiger partial charge is 0.386 e. The first-order valence-corrected chi connectivity index (χ1v) is 31.1. The van der Waals surface area contributed by atoms with Gasteiger partial charge in [-0.25, -0.2) is 28.6 Å². The molecule has 24 nitrogen and oxygen atoms in total. The van der Waals surface area contributed by atoms with E-state index in [1.54, 1.807) is 0 Å². The number of nitrogens with zero attached hydrogens (tertiary/aromatic N) is 4. The first-order valence-electron chi connectivity index (χ1n) is 25.6. The Hall–Kier alpha value is -2.44. The zero-order valence-electron chi connectivity index (χ0n) is 42.6. The molecule has 3 rings (SSSR count). The van der Waals surface area contributed by atoms with Crippen LogP contribution in [-0.2, 0) is 50.7 Å². The quantitative estimate of drug-likeness (QED) is 0.0233. The van der Waals surface area contributed by atoms with Gasteiger partial charge >= 0.3 is 23.5 Å². The van der Waals surface area contributed by atoms with Crippen molar-refractivity contribution in [2.45, 2.75) is 199 Å². The third kappa shape index (κ3) is 26.0. The van der Waals surface area contributed by atoms with Crippen molar-refractivity contribution < 1.29 is 80.5 Å². The number of thioether (sulfide) groups is 1. The van der Waals surface area contributed by atoms with Gasteiger partial charge in [0.1, 0.15) is 36.3 Å². The maximum atomic E-state index is 12.8. The van der Waals surface area contributed by atoms with Crippen LogP contribution in [0.4, 0.5) is 5.82 Å². The summed E-state index contributed by atoms with van der Waals surface area (Å²) in [6.45, 7) is 2.86. The van der Waals surface area contributed by atoms with E-state index < -0.39 is 84.6 Å². The molecule has 1 fully saturated rings. The number of imidazole rings is 1. The number of hydrogen-bond acceptors (Lipinski definition) is 18. The Morgan fingerprint density at radius 2 is 1.32 bits per heavy atom. The summed E-state index contributed by atoms with van der Waals surface area (Å²) >= 11 is 1.16. The van der Waals surface area contributed by atoms with Crippen LogP contribution < -0.4 is 16.4 Å². The molecule has 1 aliphatic rings. The Bertz CT molecular complexity index is 2100. The molecule has 2 aromatic heterocycles. The Morgan fingerprint density at radius 1 is 0.781 bits per heavy atom. The van der Waals surface area contributed by atoms with Gasteiger partial charge < -0.3 is 50.9 Å². The molecular formula is C45H82N7O17P3S. The van der Waals surface area contributed by atoms with Gasteiger partial charge in [0.05, 0.1) is 19.5 Å². The highest BCUT2D eigenvalue weighted by atomic mass is 32.2. The average Bonchev–Trinajstić information content (AvgIpc) is 3.88. The van der Waals surface area contributed by atoms with Crippen LogP contribution in [0.25, 0.3) is 11.2 Å². The molecule has 0 radical (unpaired) electrons. The number of nitrogens with one attached hydrogen (secondary N) is 2. The molecule has 0 spiro atoms. The first kappa shape index (κ1) is 64.8. The number of aliphatic hydroxyl groups excluding tert-OH is 2. The van der Waals surface area contributed by atoms with E-state index in [-0.39, 0.29) is 41.6 Å². The van der Waals surface area contributed by atoms with Crippen molar-refractivity contribution in [2.24, 2.45) is 5.41 Å². The van der Waals surface area contributed by atoms with Gasteiger partial charge in [-0.15, -0.1) is 0 Å². The van der Waals surface area contributed by atoms with Crippen molar-refractivity contribution in [2.75, 3.05) is 37.8 Å². The maximum Gasteiger partial charge on any atom is 0.481 e. The first-order chi connectivity index (χ1) is 34.6. The topological polar surface area (TPSA) is 364 Å². The summed E-state index contributed by atoms with van der Waals surface area (Å²) in [6, 6.07) is 0. The lowest BCUT2D eigenvalue weighted by Crippen LogP contribution is -2.46. The number of hydrogen-bond donors (Lipinski definition) is 9. The molecule has 3 heterocycles. The predicted molar refractivity (Wildman–Crippen MR) is 274 cm³/mol. The highest BCUT2D eigenvalue weighted by Gasteiger charge is 2.50. The number of ether oxygens (including phenoxy) is 1. The molecule has 10 N–H and O–H groups in total. The van der Waals surface area contributed by atoms with E-state index in [2.05, 4.69) is 41.3 Å². The molecular weight excluding hydrogens is 1040 g/mol. The van der Waals surface area contributed by atoms with Gasteiger partial charge in [-0.05, 0) is 6.42 Å². The van der Waals surface area contributed by atoms with Crippen LogP contribution in [0.1, 0.15) is 175 Å². The largest absolute Gasteiger partial charge is 0.481 e. The molecule has 7 atom stereocenters. The monoisotopic (exact) mass is 1120 g/mol. The van der Waals surface area contributed by atoms with Crippen LogP contribution in [0.5, 0.6) is 0 Å². The second-order valence-corrected chi connectivity index (χ2v) is 24.5. The van der Waals surface area contributed by atoms with Crippen molar-refractivity contribution >= 4 is 69.1 Å². The number of anilines is 1. The van der Waals surface area contributed by atoms with Crippen molar-refractivity contribution in [3.63, 3.8) is 0 Å². The summed E-state index contributed by atoms with van der Waals surface area (Å²) in [5.41, 5.74) is 4.30. The number of phosphoric ester groups is 3. The van der Waals surface area contributed by atoms with Gasteiger partial charge in [0.15, 0.2) is 22.8 Å². The van der Waals surface area contributed by atoms with Crippen LogP contribution in [0.3, 0.4) is 0 Å². The normalized spacial score (nSPS) is 19.4. The zero-order valence-corrected chi connectivity index (χ0v) is 46.1. The molecule has 0 bridgehead atoms. The summed E-state index contributed by atoms with van der Waals surface area (Å²) in [5.74, 6) is -1.01. The number of carbonyl (C=O) groups is 3. The Kier molecular flexibility index (Phi) is 29.9. The molecule has 1 saturated heterocycles. The average molecular weight is 1120 g/mol. The number of phosphoric acid groups is 3. The summed E-state index contributed by atoms with van der Waals surface area (Å²) in [7, 11) is -16.4. The van der Waals surface area contributed by atoms with Crippen molar-refractivity contribution in [1.82, 2.24) is 30.2 Å². The number of unbranched alkanes of at least 4 members (excludes halogenated alkanes) is 20. The van der Waals surface area contributed by atoms with E-state index in [0.717, 1.165) is 48.2 Å². The second-order valence-electron chi connectivity index (χ2n) is 19.1. The maximum absolute atomic E-state index is 12.8. The molecule has 0 saturated carbocycles. The van der Waals surface area contributed by atoms with E-state index in [0.29, 0.717) is 12.2 Å². The lowest BCUT2D eigenvalue weighted by Gasteiger charge is -2.30. The number of nitrogens with two attached hydrogens (primary N) is 1. The number of carbonyl (C=O) groups excluding carboxylic acids is 3. The van der Waals surface area contributed by atoms with E-state index in [1.165, 1.54) is 129 Å².